The van der Waals surface area contributed by atoms with E-state index in [9.17, 15) is 9.59 Å². The van der Waals surface area contributed by atoms with E-state index in [1.165, 1.54) is 11.3 Å². The summed E-state index contributed by atoms with van der Waals surface area (Å²) in [5.41, 5.74) is 1.88. The molecular formula is C18H15ClN4O2S. The maximum atomic E-state index is 12.4. The minimum Gasteiger partial charge on any atom is -0.326 e. The molecule has 0 saturated carbocycles. The molecule has 3 aromatic rings. The van der Waals surface area contributed by atoms with Crippen LogP contribution in [-0.2, 0) is 4.79 Å². The first-order chi connectivity index (χ1) is 12.7. The molecule has 0 spiro atoms. The third-order valence-electron chi connectivity index (χ3n) is 3.40. The quantitative estimate of drug-likeness (QED) is 0.626. The van der Waals surface area contributed by atoms with Crippen molar-refractivity contribution in [1.82, 2.24) is 10.2 Å². The number of hydrogen-bond donors (Lipinski definition) is 2. The third kappa shape index (κ3) is 4.65. The van der Waals surface area contributed by atoms with Gasteiger partial charge in [0.15, 0.2) is 0 Å². The largest absolute Gasteiger partial charge is 0.326 e. The summed E-state index contributed by atoms with van der Waals surface area (Å²) in [6.45, 7) is 0. The van der Waals surface area contributed by atoms with E-state index in [4.69, 9.17) is 11.6 Å². The second kappa shape index (κ2) is 8.55. The van der Waals surface area contributed by atoms with Crippen molar-refractivity contribution >= 4 is 45.6 Å². The van der Waals surface area contributed by atoms with E-state index in [1.807, 2.05) is 30.3 Å². The van der Waals surface area contributed by atoms with Crippen LogP contribution >= 0.6 is 22.9 Å². The van der Waals surface area contributed by atoms with Crippen LogP contribution in [0.5, 0.6) is 0 Å². The summed E-state index contributed by atoms with van der Waals surface area (Å²) in [5, 5.41) is 14.7. The van der Waals surface area contributed by atoms with Gasteiger partial charge >= 0.3 is 0 Å². The van der Waals surface area contributed by atoms with Crippen molar-refractivity contribution in [1.29, 1.82) is 0 Å². The molecular weight excluding hydrogens is 372 g/mol. The predicted molar refractivity (Wildman–Crippen MR) is 104 cm³/mol. The second-order valence-electron chi connectivity index (χ2n) is 5.30. The van der Waals surface area contributed by atoms with Crippen LogP contribution in [0.15, 0.2) is 54.6 Å². The number of carbonyl (C=O) groups is 2. The van der Waals surface area contributed by atoms with Gasteiger partial charge in [0.05, 0.1) is 0 Å². The molecule has 6 nitrogen and oxygen atoms in total. The SMILES string of the molecule is O=C(CCCl)Nc1cccc(C(=O)Nc2nnc(-c3ccccc3)s2)c1. The summed E-state index contributed by atoms with van der Waals surface area (Å²) < 4.78 is 0. The van der Waals surface area contributed by atoms with Crippen molar-refractivity contribution in [2.24, 2.45) is 0 Å². The zero-order valence-electron chi connectivity index (χ0n) is 13.6. The van der Waals surface area contributed by atoms with Gasteiger partial charge in [0, 0.05) is 29.1 Å². The molecule has 0 unspecified atom stereocenters. The summed E-state index contributed by atoms with van der Waals surface area (Å²) in [5.74, 6) is -0.282. The fraction of sp³-hybridized carbons (Fsp3) is 0.111. The van der Waals surface area contributed by atoms with Gasteiger partial charge in [-0.3, -0.25) is 14.9 Å². The average Bonchev–Trinajstić information content (AvgIpc) is 3.11. The first-order valence-corrected chi connectivity index (χ1v) is 9.17. The molecule has 26 heavy (non-hydrogen) atoms. The van der Waals surface area contributed by atoms with Gasteiger partial charge in [-0.2, -0.15) is 0 Å². The number of hydrogen-bond acceptors (Lipinski definition) is 5. The number of aromatic nitrogens is 2. The second-order valence-corrected chi connectivity index (χ2v) is 6.66. The van der Waals surface area contributed by atoms with Gasteiger partial charge in [-0.15, -0.1) is 21.8 Å². The Labute approximate surface area is 159 Å². The van der Waals surface area contributed by atoms with E-state index in [0.717, 1.165) is 10.6 Å². The number of benzene rings is 2. The van der Waals surface area contributed by atoms with Gasteiger partial charge in [-0.25, -0.2) is 0 Å². The highest BCUT2D eigenvalue weighted by atomic mass is 35.5. The lowest BCUT2D eigenvalue weighted by atomic mass is 10.2. The average molecular weight is 387 g/mol. The molecule has 1 heterocycles. The molecule has 0 bridgehead atoms. The Kier molecular flexibility index (Phi) is 5.93. The Balaban J connectivity index is 1.69. The molecule has 8 heteroatoms. The summed E-state index contributed by atoms with van der Waals surface area (Å²) in [6, 6.07) is 16.3. The molecule has 0 radical (unpaired) electrons. The van der Waals surface area contributed by atoms with Gasteiger partial charge in [-0.1, -0.05) is 47.7 Å². The lowest BCUT2D eigenvalue weighted by molar-refractivity contribution is -0.115. The number of alkyl halides is 1. The predicted octanol–water partition coefficient (Wildman–Crippen LogP) is 4.02. The van der Waals surface area contributed by atoms with Crippen molar-refractivity contribution in [3.05, 3.63) is 60.2 Å². The highest BCUT2D eigenvalue weighted by Crippen LogP contribution is 2.26. The third-order valence-corrected chi connectivity index (χ3v) is 4.47. The molecule has 0 atom stereocenters. The van der Waals surface area contributed by atoms with E-state index in [-0.39, 0.29) is 24.1 Å². The minimum atomic E-state index is -0.325. The Morgan fingerprint density at radius 1 is 1.00 bits per heavy atom. The van der Waals surface area contributed by atoms with Gasteiger partial charge < -0.3 is 5.32 Å². The van der Waals surface area contributed by atoms with E-state index in [1.54, 1.807) is 24.3 Å². The number of nitrogens with zero attached hydrogens (tertiary/aromatic N) is 2. The highest BCUT2D eigenvalue weighted by molar-refractivity contribution is 7.18. The van der Waals surface area contributed by atoms with Gasteiger partial charge in [0.1, 0.15) is 5.01 Å². The number of nitrogens with one attached hydrogen (secondary N) is 2. The normalized spacial score (nSPS) is 10.3. The van der Waals surface area contributed by atoms with Crippen LogP contribution in [0.4, 0.5) is 10.8 Å². The van der Waals surface area contributed by atoms with Crippen molar-refractivity contribution in [2.75, 3.05) is 16.5 Å². The Morgan fingerprint density at radius 2 is 1.81 bits per heavy atom. The van der Waals surface area contributed by atoms with Crippen LogP contribution in [-0.4, -0.2) is 27.9 Å². The smallest absolute Gasteiger partial charge is 0.257 e. The van der Waals surface area contributed by atoms with E-state index < -0.39 is 0 Å². The molecule has 0 aliphatic rings. The molecule has 1 aromatic heterocycles. The molecule has 3 rings (SSSR count). The topological polar surface area (TPSA) is 84.0 Å². The minimum absolute atomic E-state index is 0.200. The monoisotopic (exact) mass is 386 g/mol. The van der Waals surface area contributed by atoms with Crippen LogP contribution < -0.4 is 10.6 Å². The molecule has 2 aromatic carbocycles. The molecule has 0 fully saturated rings. The molecule has 2 amide bonds. The summed E-state index contributed by atoms with van der Waals surface area (Å²) in [4.78, 5) is 24.0. The van der Waals surface area contributed by atoms with Gasteiger partial charge in [-0.05, 0) is 18.2 Å². The Hall–Kier alpha value is -2.77. The summed E-state index contributed by atoms with van der Waals surface area (Å²) in [7, 11) is 0. The molecule has 0 aliphatic carbocycles. The molecule has 132 valence electrons. The van der Waals surface area contributed by atoms with E-state index >= 15 is 0 Å². The van der Waals surface area contributed by atoms with Crippen LogP contribution in [0, 0.1) is 0 Å². The number of carbonyl (C=O) groups excluding carboxylic acids is 2. The first kappa shape index (κ1) is 18.0. The lowest BCUT2D eigenvalue weighted by Crippen LogP contribution is -2.14. The van der Waals surface area contributed by atoms with Crippen LogP contribution in [0.1, 0.15) is 16.8 Å². The first-order valence-electron chi connectivity index (χ1n) is 7.82. The van der Waals surface area contributed by atoms with Crippen LogP contribution in [0.25, 0.3) is 10.6 Å². The number of halogens is 1. The molecule has 0 saturated heterocycles. The van der Waals surface area contributed by atoms with Gasteiger partial charge in [0.25, 0.3) is 5.91 Å². The zero-order chi connectivity index (χ0) is 18.4. The standard InChI is InChI=1S/C18H15ClN4O2S/c19-10-9-15(24)20-14-8-4-7-13(11-14)16(25)21-18-23-22-17(26-18)12-5-2-1-3-6-12/h1-8,11H,9-10H2,(H,20,24)(H,21,23,25). The van der Waals surface area contributed by atoms with Crippen molar-refractivity contribution in [2.45, 2.75) is 6.42 Å². The Morgan fingerprint density at radius 3 is 2.58 bits per heavy atom. The summed E-state index contributed by atoms with van der Waals surface area (Å²) >= 11 is 6.84. The Bertz CT molecular complexity index is 914. The zero-order valence-corrected chi connectivity index (χ0v) is 15.2. The number of anilines is 2. The van der Waals surface area contributed by atoms with E-state index in [0.29, 0.717) is 16.4 Å². The van der Waals surface area contributed by atoms with Crippen molar-refractivity contribution in [3.63, 3.8) is 0 Å². The molecule has 2 N–H and O–H groups in total. The number of rotatable bonds is 6. The highest BCUT2D eigenvalue weighted by Gasteiger charge is 2.12. The fourth-order valence-electron chi connectivity index (χ4n) is 2.19. The van der Waals surface area contributed by atoms with E-state index in [2.05, 4.69) is 20.8 Å². The maximum absolute atomic E-state index is 12.4. The maximum Gasteiger partial charge on any atom is 0.257 e. The van der Waals surface area contributed by atoms with Crippen LogP contribution in [0.3, 0.4) is 0 Å². The van der Waals surface area contributed by atoms with Crippen LogP contribution in [0.2, 0.25) is 0 Å². The van der Waals surface area contributed by atoms with Gasteiger partial charge in [0.2, 0.25) is 11.0 Å². The summed E-state index contributed by atoms with van der Waals surface area (Å²) in [6.07, 6.45) is 0.213. The number of amides is 2. The van der Waals surface area contributed by atoms with Crippen molar-refractivity contribution in [3.8, 4) is 10.6 Å². The lowest BCUT2D eigenvalue weighted by Gasteiger charge is -2.06. The van der Waals surface area contributed by atoms with Crippen molar-refractivity contribution < 1.29 is 9.59 Å². The fourth-order valence-corrected chi connectivity index (χ4v) is 3.10. The molecule has 0 aliphatic heterocycles.